The average Bonchev–Trinajstić information content (AvgIpc) is 2.57. The number of nitrogens with one attached hydrogen (secondary N) is 2. The van der Waals surface area contributed by atoms with E-state index < -0.39 is 5.56 Å². The van der Waals surface area contributed by atoms with Crippen molar-refractivity contribution in [1.82, 2.24) is 15.1 Å². The van der Waals surface area contributed by atoms with Crippen LogP contribution in [0.3, 0.4) is 0 Å². The Morgan fingerprint density at radius 3 is 2.75 bits per heavy atom. The highest BCUT2D eigenvalue weighted by atomic mass is 35.5. The van der Waals surface area contributed by atoms with Gasteiger partial charge in [0.1, 0.15) is 5.02 Å². The summed E-state index contributed by atoms with van der Waals surface area (Å²) in [6.45, 7) is 4.45. The fourth-order valence-electron chi connectivity index (χ4n) is 1.96. The first kappa shape index (κ1) is 18.3. The molecule has 0 radical (unpaired) electrons. The van der Waals surface area contributed by atoms with E-state index in [1.165, 1.54) is 6.20 Å². The number of amides is 1. The van der Waals surface area contributed by atoms with Gasteiger partial charge < -0.3 is 10.6 Å². The van der Waals surface area contributed by atoms with Gasteiger partial charge in [-0.25, -0.2) is 0 Å². The van der Waals surface area contributed by atoms with E-state index in [1.807, 2.05) is 13.8 Å². The molecule has 0 atom stereocenters. The minimum Gasteiger partial charge on any atom is -0.373 e. The van der Waals surface area contributed by atoms with Crippen molar-refractivity contribution in [1.29, 1.82) is 0 Å². The number of benzene rings is 1. The summed E-state index contributed by atoms with van der Waals surface area (Å²) in [7, 11) is 0. The van der Waals surface area contributed by atoms with Gasteiger partial charge in [-0.1, -0.05) is 36.2 Å². The van der Waals surface area contributed by atoms with E-state index in [2.05, 4.69) is 15.7 Å². The molecule has 0 saturated heterocycles. The smallest absolute Gasteiger partial charge is 0.292 e. The van der Waals surface area contributed by atoms with Crippen molar-refractivity contribution in [3.05, 3.63) is 50.4 Å². The third-order valence-electron chi connectivity index (χ3n) is 3.33. The van der Waals surface area contributed by atoms with Crippen LogP contribution in [0.25, 0.3) is 5.69 Å². The molecule has 0 fully saturated rings. The molecule has 0 saturated carbocycles. The maximum absolute atomic E-state index is 12.4. The van der Waals surface area contributed by atoms with Gasteiger partial charge in [0.2, 0.25) is 5.91 Å². The number of aryl methyl sites for hydroxylation is 1. The summed E-state index contributed by atoms with van der Waals surface area (Å²) >= 11 is 12.2. The molecule has 1 heterocycles. The molecule has 24 heavy (non-hydrogen) atoms. The molecule has 128 valence electrons. The molecule has 1 aromatic heterocycles. The summed E-state index contributed by atoms with van der Waals surface area (Å²) in [4.78, 5) is 24.0. The molecule has 6 nitrogen and oxygen atoms in total. The lowest BCUT2D eigenvalue weighted by atomic mass is 10.2. The standard InChI is InChI=1S/C16H18Cl2N4O2/c1-3-6-19-14(23)9-20-13-8-21-22(16(24)15(13)18)11-5-4-10(2)12(17)7-11/h4-5,7-8,20H,3,6,9H2,1-2H3,(H,19,23). The number of aromatic nitrogens is 2. The molecule has 1 amide bonds. The van der Waals surface area contributed by atoms with Gasteiger partial charge in [-0.3, -0.25) is 9.59 Å². The number of hydrogen-bond acceptors (Lipinski definition) is 4. The van der Waals surface area contributed by atoms with Crippen molar-refractivity contribution in [3.63, 3.8) is 0 Å². The number of halogens is 2. The maximum Gasteiger partial charge on any atom is 0.292 e. The van der Waals surface area contributed by atoms with Gasteiger partial charge in [0.05, 0.1) is 24.1 Å². The largest absolute Gasteiger partial charge is 0.373 e. The van der Waals surface area contributed by atoms with Crippen LogP contribution in [-0.2, 0) is 4.79 Å². The predicted octanol–water partition coefficient (Wildman–Crippen LogP) is 2.79. The van der Waals surface area contributed by atoms with Gasteiger partial charge in [-0.2, -0.15) is 9.78 Å². The first-order valence-corrected chi connectivity index (χ1v) is 8.24. The lowest BCUT2D eigenvalue weighted by molar-refractivity contribution is -0.119. The molecule has 0 bridgehead atoms. The van der Waals surface area contributed by atoms with Crippen molar-refractivity contribution >= 4 is 34.8 Å². The van der Waals surface area contributed by atoms with E-state index in [0.29, 0.717) is 22.9 Å². The van der Waals surface area contributed by atoms with Crippen LogP contribution in [0.5, 0.6) is 0 Å². The molecule has 0 unspecified atom stereocenters. The van der Waals surface area contributed by atoms with Gasteiger partial charge in [0.15, 0.2) is 0 Å². The molecular formula is C16H18Cl2N4O2. The molecule has 0 aliphatic heterocycles. The van der Waals surface area contributed by atoms with Crippen LogP contribution in [0.15, 0.2) is 29.2 Å². The quantitative estimate of drug-likeness (QED) is 0.821. The Hall–Kier alpha value is -2.05. The maximum atomic E-state index is 12.4. The molecule has 2 aromatic rings. The fraction of sp³-hybridized carbons (Fsp3) is 0.312. The highest BCUT2D eigenvalue weighted by Gasteiger charge is 2.12. The Morgan fingerprint density at radius 2 is 2.08 bits per heavy atom. The topological polar surface area (TPSA) is 76.0 Å². The average molecular weight is 369 g/mol. The molecule has 0 aliphatic carbocycles. The number of carbonyl (C=O) groups excluding carboxylic acids is 1. The van der Waals surface area contributed by atoms with Crippen LogP contribution in [0.2, 0.25) is 10.0 Å². The molecule has 0 spiro atoms. The second kappa shape index (κ2) is 8.17. The van der Waals surface area contributed by atoms with Crippen molar-refractivity contribution in [3.8, 4) is 5.69 Å². The van der Waals surface area contributed by atoms with Crippen LogP contribution in [-0.4, -0.2) is 28.8 Å². The predicted molar refractivity (Wildman–Crippen MR) is 96.4 cm³/mol. The SMILES string of the molecule is CCCNC(=O)CNc1cnn(-c2ccc(C)c(Cl)c2)c(=O)c1Cl. The number of anilines is 1. The number of carbonyl (C=O) groups is 1. The van der Waals surface area contributed by atoms with Crippen molar-refractivity contribution in [2.75, 3.05) is 18.4 Å². The van der Waals surface area contributed by atoms with Gasteiger partial charge in [0.25, 0.3) is 5.56 Å². The molecule has 8 heteroatoms. The zero-order valence-electron chi connectivity index (χ0n) is 13.4. The highest BCUT2D eigenvalue weighted by molar-refractivity contribution is 6.33. The van der Waals surface area contributed by atoms with Gasteiger partial charge >= 0.3 is 0 Å². The monoisotopic (exact) mass is 368 g/mol. The Morgan fingerprint density at radius 1 is 1.33 bits per heavy atom. The highest BCUT2D eigenvalue weighted by Crippen LogP contribution is 2.20. The molecule has 2 N–H and O–H groups in total. The van der Waals surface area contributed by atoms with E-state index in [9.17, 15) is 9.59 Å². The minimum absolute atomic E-state index is 0.0151. The van der Waals surface area contributed by atoms with Gasteiger partial charge in [-0.15, -0.1) is 0 Å². The summed E-state index contributed by atoms with van der Waals surface area (Å²) in [5, 5.41) is 10.1. The molecule has 1 aromatic carbocycles. The zero-order valence-corrected chi connectivity index (χ0v) is 14.9. The molecule has 0 aliphatic rings. The van der Waals surface area contributed by atoms with E-state index >= 15 is 0 Å². The second-order valence-corrected chi connectivity index (χ2v) is 6.01. The van der Waals surface area contributed by atoms with E-state index in [0.717, 1.165) is 16.7 Å². The zero-order chi connectivity index (χ0) is 17.7. The minimum atomic E-state index is -0.490. The van der Waals surface area contributed by atoms with Crippen LogP contribution < -0.4 is 16.2 Å². The van der Waals surface area contributed by atoms with E-state index in [4.69, 9.17) is 23.2 Å². The summed E-state index contributed by atoms with van der Waals surface area (Å²) in [6, 6.07) is 5.17. The van der Waals surface area contributed by atoms with Crippen LogP contribution in [0.4, 0.5) is 5.69 Å². The van der Waals surface area contributed by atoms with Crippen LogP contribution in [0, 0.1) is 6.92 Å². The number of nitrogens with zero attached hydrogens (tertiary/aromatic N) is 2. The first-order chi connectivity index (χ1) is 11.4. The normalized spacial score (nSPS) is 10.5. The third-order valence-corrected chi connectivity index (χ3v) is 4.10. The summed E-state index contributed by atoms with van der Waals surface area (Å²) in [5.74, 6) is -0.178. The van der Waals surface area contributed by atoms with Gasteiger partial charge in [0, 0.05) is 11.6 Å². The van der Waals surface area contributed by atoms with Gasteiger partial charge in [-0.05, 0) is 31.0 Å². The van der Waals surface area contributed by atoms with Crippen LogP contribution in [0.1, 0.15) is 18.9 Å². The van der Waals surface area contributed by atoms with E-state index in [-0.39, 0.29) is 17.5 Å². The lowest BCUT2D eigenvalue weighted by Crippen LogP contribution is -2.31. The second-order valence-electron chi connectivity index (χ2n) is 5.23. The van der Waals surface area contributed by atoms with Crippen molar-refractivity contribution in [2.24, 2.45) is 0 Å². The Labute approximate surface area is 149 Å². The first-order valence-electron chi connectivity index (χ1n) is 7.49. The molecular weight excluding hydrogens is 351 g/mol. The summed E-state index contributed by atoms with van der Waals surface area (Å²) in [5.41, 5.74) is 1.24. The number of rotatable bonds is 6. The Bertz CT molecular complexity index is 805. The summed E-state index contributed by atoms with van der Waals surface area (Å²) < 4.78 is 1.16. The third kappa shape index (κ3) is 4.27. The Balaban J connectivity index is 2.21. The summed E-state index contributed by atoms with van der Waals surface area (Å²) in [6.07, 6.45) is 2.26. The Kier molecular flexibility index (Phi) is 6.23. The molecule has 2 rings (SSSR count). The van der Waals surface area contributed by atoms with E-state index in [1.54, 1.807) is 18.2 Å². The lowest BCUT2D eigenvalue weighted by Gasteiger charge is -2.11. The number of hydrogen-bond donors (Lipinski definition) is 2. The fourth-order valence-corrected chi connectivity index (χ4v) is 2.33. The van der Waals surface area contributed by atoms with Crippen LogP contribution >= 0.6 is 23.2 Å². The van der Waals surface area contributed by atoms with Crippen molar-refractivity contribution in [2.45, 2.75) is 20.3 Å². The van der Waals surface area contributed by atoms with Crippen molar-refractivity contribution < 1.29 is 4.79 Å².